The monoisotopic (exact) mass is 291 g/mol. The number of alkyl halides is 2. The van der Waals surface area contributed by atoms with Crippen molar-refractivity contribution in [1.82, 2.24) is 5.32 Å². The Morgan fingerprint density at radius 1 is 1.05 bits per heavy atom. The SMILES string of the molecule is CNC(C)c1ccccc1OCC(F)(F)c1ccccc1. The van der Waals surface area contributed by atoms with E-state index in [-0.39, 0.29) is 11.6 Å². The van der Waals surface area contributed by atoms with Gasteiger partial charge in [-0.05, 0) is 20.0 Å². The minimum Gasteiger partial charge on any atom is -0.487 e. The summed E-state index contributed by atoms with van der Waals surface area (Å²) in [5, 5.41) is 3.08. The molecule has 4 heteroatoms. The van der Waals surface area contributed by atoms with Gasteiger partial charge in [0.1, 0.15) is 5.75 Å². The smallest absolute Gasteiger partial charge is 0.306 e. The molecule has 0 amide bonds. The minimum atomic E-state index is -3.02. The first kappa shape index (κ1) is 15.4. The molecular formula is C17H19F2NO. The van der Waals surface area contributed by atoms with Gasteiger partial charge in [0.05, 0.1) is 0 Å². The molecule has 2 rings (SSSR count). The first-order valence-corrected chi connectivity index (χ1v) is 6.87. The van der Waals surface area contributed by atoms with E-state index >= 15 is 0 Å². The average molecular weight is 291 g/mol. The van der Waals surface area contributed by atoms with E-state index < -0.39 is 12.5 Å². The molecule has 112 valence electrons. The summed E-state index contributed by atoms with van der Waals surface area (Å²) in [6.45, 7) is 1.28. The molecular weight excluding hydrogens is 272 g/mol. The van der Waals surface area contributed by atoms with E-state index in [2.05, 4.69) is 5.32 Å². The Labute approximate surface area is 123 Å². The highest BCUT2D eigenvalue weighted by atomic mass is 19.3. The fourth-order valence-corrected chi connectivity index (χ4v) is 2.06. The molecule has 0 aromatic heterocycles. The Morgan fingerprint density at radius 3 is 2.33 bits per heavy atom. The molecule has 0 saturated carbocycles. The van der Waals surface area contributed by atoms with E-state index in [1.165, 1.54) is 12.1 Å². The van der Waals surface area contributed by atoms with Gasteiger partial charge in [0.15, 0.2) is 6.61 Å². The van der Waals surface area contributed by atoms with Gasteiger partial charge in [-0.15, -0.1) is 0 Å². The molecule has 2 aromatic carbocycles. The summed E-state index contributed by atoms with van der Waals surface area (Å²) < 4.78 is 33.6. The summed E-state index contributed by atoms with van der Waals surface area (Å²) in [5.74, 6) is -2.54. The van der Waals surface area contributed by atoms with Crippen LogP contribution >= 0.6 is 0 Å². The number of benzene rings is 2. The molecule has 2 aromatic rings. The van der Waals surface area contributed by atoms with Crippen molar-refractivity contribution in [3.05, 3.63) is 65.7 Å². The molecule has 0 aliphatic heterocycles. The highest BCUT2D eigenvalue weighted by Crippen LogP contribution is 2.31. The zero-order valence-electron chi connectivity index (χ0n) is 12.1. The molecule has 1 N–H and O–H groups in total. The summed E-state index contributed by atoms with van der Waals surface area (Å²) in [6, 6.07) is 15.0. The molecule has 0 aliphatic carbocycles. The van der Waals surface area contributed by atoms with Crippen molar-refractivity contribution in [2.45, 2.75) is 18.9 Å². The Balaban J connectivity index is 2.13. The van der Waals surface area contributed by atoms with Gasteiger partial charge >= 0.3 is 5.92 Å². The van der Waals surface area contributed by atoms with E-state index in [9.17, 15) is 8.78 Å². The van der Waals surface area contributed by atoms with Gasteiger partial charge in [-0.1, -0.05) is 48.5 Å². The molecule has 0 spiro atoms. The normalized spacial score (nSPS) is 13.0. The van der Waals surface area contributed by atoms with Crippen LogP contribution in [0.2, 0.25) is 0 Å². The van der Waals surface area contributed by atoms with Gasteiger partial charge in [0, 0.05) is 17.2 Å². The maximum absolute atomic E-state index is 14.1. The fraction of sp³-hybridized carbons (Fsp3) is 0.294. The predicted octanol–water partition coefficient (Wildman–Crippen LogP) is 4.14. The third-order valence-corrected chi connectivity index (χ3v) is 3.42. The van der Waals surface area contributed by atoms with Crippen LogP contribution in [0.3, 0.4) is 0 Å². The van der Waals surface area contributed by atoms with Crippen LogP contribution in [0.4, 0.5) is 8.78 Å². The summed E-state index contributed by atoms with van der Waals surface area (Å²) in [7, 11) is 1.82. The number of halogens is 2. The topological polar surface area (TPSA) is 21.3 Å². The van der Waals surface area contributed by atoms with Crippen LogP contribution in [0.1, 0.15) is 24.1 Å². The van der Waals surface area contributed by atoms with Gasteiger partial charge < -0.3 is 10.1 Å². The Morgan fingerprint density at radius 2 is 1.67 bits per heavy atom. The Bertz CT molecular complexity index is 572. The number of ether oxygens (including phenoxy) is 1. The Kier molecular flexibility index (Phi) is 4.91. The summed E-state index contributed by atoms with van der Waals surface area (Å²) in [5.41, 5.74) is 0.827. The Hall–Kier alpha value is -1.94. The van der Waals surface area contributed by atoms with Crippen LogP contribution in [0, 0.1) is 0 Å². The molecule has 1 atom stereocenters. The molecule has 0 heterocycles. The van der Waals surface area contributed by atoms with Crippen molar-refractivity contribution in [2.24, 2.45) is 0 Å². The van der Waals surface area contributed by atoms with Crippen molar-refractivity contribution in [1.29, 1.82) is 0 Å². The lowest BCUT2D eigenvalue weighted by Gasteiger charge is -2.20. The van der Waals surface area contributed by atoms with Crippen LogP contribution in [0.15, 0.2) is 54.6 Å². The zero-order valence-corrected chi connectivity index (χ0v) is 12.1. The minimum absolute atomic E-state index is 0.0338. The van der Waals surface area contributed by atoms with Gasteiger partial charge in [-0.2, -0.15) is 8.78 Å². The number of rotatable bonds is 6. The molecule has 2 nitrogen and oxygen atoms in total. The van der Waals surface area contributed by atoms with Crippen molar-refractivity contribution >= 4 is 0 Å². The second-order valence-electron chi connectivity index (χ2n) is 4.91. The third-order valence-electron chi connectivity index (χ3n) is 3.42. The number of nitrogens with one attached hydrogen (secondary N) is 1. The quantitative estimate of drug-likeness (QED) is 0.863. The molecule has 0 saturated heterocycles. The lowest BCUT2D eigenvalue weighted by Crippen LogP contribution is -2.24. The third kappa shape index (κ3) is 3.79. The van der Waals surface area contributed by atoms with E-state index in [1.54, 1.807) is 30.3 Å². The summed E-state index contributed by atoms with van der Waals surface area (Å²) in [6.07, 6.45) is 0. The second kappa shape index (κ2) is 6.68. The van der Waals surface area contributed by atoms with Crippen LogP contribution in [0.5, 0.6) is 5.75 Å². The molecule has 21 heavy (non-hydrogen) atoms. The maximum atomic E-state index is 14.1. The number of hydrogen-bond donors (Lipinski definition) is 1. The zero-order chi connectivity index (χ0) is 15.3. The van der Waals surface area contributed by atoms with Gasteiger partial charge in [0.25, 0.3) is 0 Å². The predicted molar refractivity (Wildman–Crippen MR) is 79.7 cm³/mol. The standard InChI is InChI=1S/C17H19F2NO/c1-13(20-2)15-10-6-7-11-16(15)21-12-17(18,19)14-8-4-3-5-9-14/h3-11,13,20H,12H2,1-2H3. The summed E-state index contributed by atoms with van der Waals surface area (Å²) in [4.78, 5) is 0. The molecule has 0 fully saturated rings. The van der Waals surface area contributed by atoms with Crippen molar-refractivity contribution in [2.75, 3.05) is 13.7 Å². The molecule has 0 bridgehead atoms. The van der Waals surface area contributed by atoms with Crippen LogP contribution in [-0.4, -0.2) is 13.7 Å². The van der Waals surface area contributed by atoms with Crippen LogP contribution in [0.25, 0.3) is 0 Å². The first-order chi connectivity index (χ1) is 10.0. The number of hydrogen-bond acceptors (Lipinski definition) is 2. The largest absolute Gasteiger partial charge is 0.487 e. The van der Waals surface area contributed by atoms with E-state index in [4.69, 9.17) is 4.74 Å². The van der Waals surface area contributed by atoms with E-state index in [0.29, 0.717) is 5.75 Å². The van der Waals surface area contributed by atoms with Crippen molar-refractivity contribution in [3.63, 3.8) is 0 Å². The lowest BCUT2D eigenvalue weighted by atomic mass is 10.1. The van der Waals surface area contributed by atoms with Crippen LogP contribution < -0.4 is 10.1 Å². The lowest BCUT2D eigenvalue weighted by molar-refractivity contribution is -0.0470. The van der Waals surface area contributed by atoms with Crippen molar-refractivity contribution < 1.29 is 13.5 Å². The van der Waals surface area contributed by atoms with E-state index in [0.717, 1.165) is 5.56 Å². The second-order valence-corrected chi connectivity index (χ2v) is 4.91. The molecule has 1 unspecified atom stereocenters. The van der Waals surface area contributed by atoms with Gasteiger partial charge in [-0.25, -0.2) is 0 Å². The fourth-order valence-electron chi connectivity index (χ4n) is 2.06. The van der Waals surface area contributed by atoms with E-state index in [1.807, 2.05) is 26.1 Å². The highest BCUT2D eigenvalue weighted by molar-refractivity contribution is 5.35. The van der Waals surface area contributed by atoms with Gasteiger partial charge in [-0.3, -0.25) is 0 Å². The van der Waals surface area contributed by atoms with Crippen LogP contribution in [-0.2, 0) is 5.92 Å². The van der Waals surface area contributed by atoms with Crippen molar-refractivity contribution in [3.8, 4) is 5.75 Å². The number of para-hydroxylation sites is 1. The average Bonchev–Trinajstić information content (AvgIpc) is 2.53. The maximum Gasteiger partial charge on any atom is 0.306 e. The highest BCUT2D eigenvalue weighted by Gasteiger charge is 2.32. The summed E-state index contributed by atoms with van der Waals surface area (Å²) >= 11 is 0. The molecule has 0 radical (unpaired) electrons. The molecule has 0 aliphatic rings. The first-order valence-electron chi connectivity index (χ1n) is 6.87. The van der Waals surface area contributed by atoms with Gasteiger partial charge in [0.2, 0.25) is 0 Å².